The Hall–Kier alpha value is -4.01. The van der Waals surface area contributed by atoms with Crippen LogP contribution in [0.2, 0.25) is 0 Å². The van der Waals surface area contributed by atoms with Gasteiger partial charge >= 0.3 is 0 Å². The zero-order chi connectivity index (χ0) is 21.2. The summed E-state index contributed by atoms with van der Waals surface area (Å²) in [7, 11) is 0. The second-order valence-corrected chi connectivity index (χ2v) is 7.10. The second-order valence-electron chi connectivity index (χ2n) is 7.10. The molecule has 3 aromatic heterocycles. The van der Waals surface area contributed by atoms with Crippen LogP contribution < -0.4 is 4.90 Å². The van der Waals surface area contributed by atoms with Crippen LogP contribution in [0.4, 0.5) is 10.2 Å². The zero-order valence-electron chi connectivity index (χ0n) is 16.4. The van der Waals surface area contributed by atoms with Crippen molar-refractivity contribution in [1.29, 1.82) is 0 Å². The van der Waals surface area contributed by atoms with Gasteiger partial charge in [0, 0.05) is 37.9 Å². The quantitative estimate of drug-likeness (QED) is 0.500. The molecule has 4 aromatic rings. The number of anilines is 1. The standard InChI is InChI=1S/C22H18FN5O3/c23-17-4-1-3-15(13-17)20-25-21(31-26-20)16-6-7-19(24-14-16)27-8-10-28(11-9-27)22(29)18-5-2-12-30-18/h1-7,12-14H,8-11H2. The number of halogens is 1. The molecule has 5 rings (SSSR count). The van der Waals surface area contributed by atoms with Gasteiger partial charge in [0.25, 0.3) is 11.8 Å². The molecular formula is C22H18FN5O3. The van der Waals surface area contributed by atoms with E-state index in [2.05, 4.69) is 20.0 Å². The van der Waals surface area contributed by atoms with Crippen molar-refractivity contribution in [2.24, 2.45) is 0 Å². The van der Waals surface area contributed by atoms with Crippen molar-refractivity contribution in [2.45, 2.75) is 0 Å². The van der Waals surface area contributed by atoms with Crippen LogP contribution >= 0.6 is 0 Å². The number of nitrogens with zero attached hydrogens (tertiary/aromatic N) is 5. The number of piperazine rings is 1. The Labute approximate surface area is 176 Å². The Morgan fingerprint density at radius 2 is 1.87 bits per heavy atom. The molecule has 1 saturated heterocycles. The van der Waals surface area contributed by atoms with E-state index in [1.165, 1.54) is 18.4 Å². The molecule has 1 fully saturated rings. The summed E-state index contributed by atoms with van der Waals surface area (Å²) in [6, 6.07) is 13.1. The monoisotopic (exact) mass is 419 g/mol. The van der Waals surface area contributed by atoms with Crippen LogP contribution in [-0.2, 0) is 0 Å². The fraction of sp³-hybridized carbons (Fsp3) is 0.182. The summed E-state index contributed by atoms with van der Waals surface area (Å²) < 4.78 is 23.9. The lowest BCUT2D eigenvalue weighted by atomic mass is 10.2. The van der Waals surface area contributed by atoms with Gasteiger partial charge in [-0.3, -0.25) is 4.79 Å². The highest BCUT2D eigenvalue weighted by molar-refractivity contribution is 5.91. The van der Waals surface area contributed by atoms with Crippen LogP contribution in [0.5, 0.6) is 0 Å². The Balaban J connectivity index is 1.24. The number of carbonyl (C=O) groups excluding carboxylic acids is 1. The summed E-state index contributed by atoms with van der Waals surface area (Å²) in [5, 5.41) is 3.93. The van der Waals surface area contributed by atoms with E-state index < -0.39 is 0 Å². The third-order valence-corrected chi connectivity index (χ3v) is 5.13. The van der Waals surface area contributed by atoms with Crippen LogP contribution in [0.25, 0.3) is 22.8 Å². The number of carbonyl (C=O) groups is 1. The van der Waals surface area contributed by atoms with E-state index in [1.54, 1.807) is 35.4 Å². The first kappa shape index (κ1) is 19.0. The molecule has 1 aliphatic rings. The Morgan fingerprint density at radius 3 is 2.58 bits per heavy atom. The number of amides is 1. The van der Waals surface area contributed by atoms with Crippen LogP contribution in [0.1, 0.15) is 10.6 Å². The lowest BCUT2D eigenvalue weighted by Crippen LogP contribution is -2.49. The molecule has 0 aliphatic carbocycles. The molecule has 1 aromatic carbocycles. The summed E-state index contributed by atoms with van der Waals surface area (Å²) in [6.07, 6.45) is 3.16. The van der Waals surface area contributed by atoms with Crippen LogP contribution in [0.15, 0.2) is 69.9 Å². The zero-order valence-corrected chi connectivity index (χ0v) is 16.4. The van der Waals surface area contributed by atoms with E-state index in [1.807, 2.05) is 12.1 Å². The van der Waals surface area contributed by atoms with E-state index in [9.17, 15) is 9.18 Å². The highest BCUT2D eigenvalue weighted by Gasteiger charge is 2.24. The lowest BCUT2D eigenvalue weighted by molar-refractivity contribution is 0.0714. The molecule has 8 nitrogen and oxygen atoms in total. The van der Waals surface area contributed by atoms with Crippen molar-refractivity contribution in [2.75, 3.05) is 31.1 Å². The van der Waals surface area contributed by atoms with E-state index in [0.29, 0.717) is 54.8 Å². The number of benzene rings is 1. The number of hydrogen-bond donors (Lipinski definition) is 0. The van der Waals surface area contributed by atoms with E-state index in [-0.39, 0.29) is 11.7 Å². The lowest BCUT2D eigenvalue weighted by Gasteiger charge is -2.35. The highest BCUT2D eigenvalue weighted by atomic mass is 19.1. The number of hydrogen-bond acceptors (Lipinski definition) is 7. The maximum Gasteiger partial charge on any atom is 0.289 e. The van der Waals surface area contributed by atoms with Crippen molar-refractivity contribution in [1.82, 2.24) is 20.0 Å². The smallest absolute Gasteiger partial charge is 0.289 e. The molecule has 0 radical (unpaired) electrons. The largest absolute Gasteiger partial charge is 0.459 e. The van der Waals surface area contributed by atoms with Gasteiger partial charge in [-0.2, -0.15) is 4.98 Å². The molecule has 0 saturated carbocycles. The van der Waals surface area contributed by atoms with Crippen LogP contribution in [0.3, 0.4) is 0 Å². The summed E-state index contributed by atoms with van der Waals surface area (Å²) in [5.74, 6) is 1.33. The molecule has 156 valence electrons. The summed E-state index contributed by atoms with van der Waals surface area (Å²) in [4.78, 5) is 25.1. The average Bonchev–Trinajstić information content (AvgIpc) is 3.52. The fourth-order valence-electron chi connectivity index (χ4n) is 3.48. The Bertz CT molecular complexity index is 1180. The van der Waals surface area contributed by atoms with Gasteiger partial charge < -0.3 is 18.7 Å². The minimum absolute atomic E-state index is 0.0987. The van der Waals surface area contributed by atoms with Gasteiger partial charge in [0.2, 0.25) is 5.82 Å². The molecule has 0 bridgehead atoms. The van der Waals surface area contributed by atoms with Gasteiger partial charge in [-0.1, -0.05) is 17.3 Å². The van der Waals surface area contributed by atoms with Crippen LogP contribution in [0, 0.1) is 5.82 Å². The number of aromatic nitrogens is 3. The fourth-order valence-corrected chi connectivity index (χ4v) is 3.48. The SMILES string of the molecule is O=C(c1ccco1)N1CCN(c2ccc(-c3nc(-c4cccc(F)c4)no3)cn2)CC1. The molecule has 1 aliphatic heterocycles. The highest BCUT2D eigenvalue weighted by Crippen LogP contribution is 2.24. The second kappa shape index (κ2) is 8.02. The number of pyridine rings is 1. The average molecular weight is 419 g/mol. The van der Waals surface area contributed by atoms with Gasteiger partial charge in [0.15, 0.2) is 5.76 Å². The molecule has 0 spiro atoms. The van der Waals surface area contributed by atoms with Gasteiger partial charge in [-0.25, -0.2) is 9.37 Å². The van der Waals surface area contributed by atoms with E-state index in [4.69, 9.17) is 8.94 Å². The first-order chi connectivity index (χ1) is 15.2. The first-order valence-corrected chi connectivity index (χ1v) is 9.81. The predicted octanol–water partition coefficient (Wildman–Crippen LogP) is 3.49. The number of furan rings is 1. The number of rotatable bonds is 4. The van der Waals surface area contributed by atoms with Gasteiger partial charge in [0.05, 0.1) is 11.8 Å². The first-order valence-electron chi connectivity index (χ1n) is 9.81. The van der Waals surface area contributed by atoms with Gasteiger partial charge in [-0.15, -0.1) is 0 Å². The summed E-state index contributed by atoms with van der Waals surface area (Å²) >= 11 is 0. The molecule has 0 unspecified atom stereocenters. The van der Waals surface area contributed by atoms with Crippen molar-refractivity contribution in [3.63, 3.8) is 0 Å². The maximum absolute atomic E-state index is 13.4. The van der Waals surface area contributed by atoms with Crippen molar-refractivity contribution >= 4 is 11.7 Å². The molecular weight excluding hydrogens is 401 g/mol. The van der Waals surface area contributed by atoms with Gasteiger partial charge in [0.1, 0.15) is 11.6 Å². The molecule has 0 N–H and O–H groups in total. The maximum atomic E-state index is 13.4. The van der Waals surface area contributed by atoms with Crippen LogP contribution in [-0.4, -0.2) is 52.1 Å². The Morgan fingerprint density at radius 1 is 1.00 bits per heavy atom. The minimum atomic E-state index is -0.360. The topological polar surface area (TPSA) is 88.5 Å². The minimum Gasteiger partial charge on any atom is -0.459 e. The normalized spacial score (nSPS) is 14.1. The summed E-state index contributed by atoms with van der Waals surface area (Å²) in [6.45, 7) is 2.51. The molecule has 4 heterocycles. The van der Waals surface area contributed by atoms with Gasteiger partial charge in [-0.05, 0) is 36.4 Å². The van der Waals surface area contributed by atoms with Crippen molar-refractivity contribution < 1.29 is 18.1 Å². The predicted molar refractivity (Wildman–Crippen MR) is 110 cm³/mol. The van der Waals surface area contributed by atoms with Crippen molar-refractivity contribution in [3.05, 3.63) is 72.6 Å². The molecule has 31 heavy (non-hydrogen) atoms. The molecule has 9 heteroatoms. The third-order valence-electron chi connectivity index (χ3n) is 5.13. The Kier molecular flexibility index (Phi) is 4.91. The van der Waals surface area contributed by atoms with Crippen molar-refractivity contribution in [3.8, 4) is 22.8 Å². The molecule has 1 amide bonds. The summed E-state index contributed by atoms with van der Waals surface area (Å²) in [5.41, 5.74) is 1.21. The molecule has 0 atom stereocenters. The van der Waals surface area contributed by atoms with E-state index in [0.717, 1.165) is 5.82 Å². The van der Waals surface area contributed by atoms with E-state index >= 15 is 0 Å². The third kappa shape index (κ3) is 3.89.